The van der Waals surface area contributed by atoms with Crippen molar-refractivity contribution in [2.45, 2.75) is 51.4 Å². The molecule has 0 saturated carbocycles. The van der Waals surface area contributed by atoms with E-state index in [0.717, 1.165) is 11.1 Å². The molecular weight excluding hydrogens is 623 g/mol. The summed E-state index contributed by atoms with van der Waals surface area (Å²) in [6.45, 7) is 5.27. The lowest BCUT2D eigenvalue weighted by Gasteiger charge is -2.39. The Bertz CT molecular complexity index is 1770. The first-order chi connectivity index (χ1) is 21.8. The lowest BCUT2D eigenvalue weighted by Crippen LogP contribution is -2.41. The van der Waals surface area contributed by atoms with Gasteiger partial charge in [-0.15, -0.1) is 0 Å². The molecular formula is C32H33ClF3N7O3. The smallest absolute Gasteiger partial charge is 0.429 e. The number of nitrogen functional groups attached to an aromatic ring is 1. The van der Waals surface area contributed by atoms with E-state index >= 15 is 0 Å². The van der Waals surface area contributed by atoms with Gasteiger partial charge >= 0.3 is 12.1 Å². The second kappa shape index (κ2) is 12.1. The normalized spacial score (nSPS) is 18.6. The molecule has 0 radical (unpaired) electrons. The van der Waals surface area contributed by atoms with Crippen LogP contribution in [-0.4, -0.2) is 62.7 Å². The minimum absolute atomic E-state index is 0.157. The van der Waals surface area contributed by atoms with Gasteiger partial charge in [-0.1, -0.05) is 35.9 Å². The molecule has 2 unspecified atom stereocenters. The number of nitrogens with two attached hydrogens (primary N) is 1. The van der Waals surface area contributed by atoms with E-state index in [1.54, 1.807) is 37.4 Å². The summed E-state index contributed by atoms with van der Waals surface area (Å²) in [6.07, 6.45) is -3.74. The Morgan fingerprint density at radius 2 is 1.83 bits per heavy atom. The number of benzene rings is 2. The van der Waals surface area contributed by atoms with E-state index in [-0.39, 0.29) is 28.5 Å². The molecule has 0 aliphatic carbocycles. The van der Waals surface area contributed by atoms with Crippen LogP contribution < -0.4 is 20.7 Å². The molecule has 0 amide bonds. The van der Waals surface area contributed by atoms with Crippen molar-refractivity contribution in [3.05, 3.63) is 76.6 Å². The molecule has 14 heteroatoms. The van der Waals surface area contributed by atoms with Gasteiger partial charge < -0.3 is 25.8 Å². The van der Waals surface area contributed by atoms with Crippen molar-refractivity contribution in [3.8, 4) is 22.7 Å². The number of hydrogen-bond donors (Lipinski definition) is 3. The van der Waals surface area contributed by atoms with Crippen LogP contribution in [0.5, 0.6) is 5.88 Å². The highest BCUT2D eigenvalue weighted by molar-refractivity contribution is 6.31. The Kier molecular flexibility index (Phi) is 8.32. The SMILES string of the molecule is Cc1ccn(-c2cc(-c3ccc(C)c(Cl)c3)ccc2C(Oc2cc(N3CCC4(CC3)CNC(C(=O)O)C4)nc(N)n2)C(F)(F)F)n1. The van der Waals surface area contributed by atoms with Crippen LogP contribution in [0.1, 0.15) is 42.2 Å². The molecule has 1 spiro atoms. The standard InChI is InChI=1S/C32H33ClF3N7O3/c1-18-3-4-20(13-23(18)33)21-5-6-22(25(14-21)43-10-7-19(2)41-43)28(32(34,35)36)46-27-15-26(39-30(37)40-27)42-11-8-31(9-12-42)16-24(29(44)45)38-17-31/h3-7,10,13-15,24,28,38H,8-9,11-12,16-17H2,1-2H3,(H,44,45)(H2,37,39,40). The van der Waals surface area contributed by atoms with Crippen LogP contribution in [0.4, 0.5) is 24.9 Å². The van der Waals surface area contributed by atoms with Gasteiger partial charge in [-0.25, -0.2) is 4.68 Å². The average Bonchev–Trinajstić information content (AvgIpc) is 3.63. The van der Waals surface area contributed by atoms with Gasteiger partial charge in [0, 0.05) is 42.5 Å². The highest BCUT2D eigenvalue weighted by Gasteiger charge is 2.46. The number of carboxylic acid groups (broad SMARTS) is 1. The van der Waals surface area contributed by atoms with Crippen molar-refractivity contribution >= 4 is 29.3 Å². The van der Waals surface area contributed by atoms with Crippen molar-refractivity contribution in [1.29, 1.82) is 0 Å². The van der Waals surface area contributed by atoms with Crippen LogP contribution in [0.15, 0.2) is 54.7 Å². The van der Waals surface area contributed by atoms with E-state index in [4.69, 9.17) is 22.1 Å². The third kappa shape index (κ3) is 6.47. The Hall–Kier alpha value is -4.36. The number of halogens is 4. The number of nitrogens with zero attached hydrogens (tertiary/aromatic N) is 5. The van der Waals surface area contributed by atoms with Crippen molar-refractivity contribution < 1.29 is 27.8 Å². The average molecular weight is 656 g/mol. The number of nitrogens with one attached hydrogen (secondary N) is 1. The van der Waals surface area contributed by atoms with E-state index in [2.05, 4.69) is 20.4 Å². The molecule has 2 aliphatic heterocycles. The van der Waals surface area contributed by atoms with Crippen molar-refractivity contribution in [2.24, 2.45) is 5.41 Å². The molecule has 242 valence electrons. The molecule has 4 aromatic rings. The Balaban J connectivity index is 1.31. The molecule has 2 atom stereocenters. The quantitative estimate of drug-likeness (QED) is 0.223. The second-order valence-electron chi connectivity index (χ2n) is 12.1. The first-order valence-corrected chi connectivity index (χ1v) is 15.2. The Morgan fingerprint density at radius 1 is 1.11 bits per heavy atom. The maximum atomic E-state index is 14.8. The van der Waals surface area contributed by atoms with Crippen LogP contribution in [-0.2, 0) is 4.79 Å². The van der Waals surface area contributed by atoms with Crippen molar-refractivity contribution in [2.75, 3.05) is 30.3 Å². The van der Waals surface area contributed by atoms with Crippen LogP contribution in [0.2, 0.25) is 5.02 Å². The summed E-state index contributed by atoms with van der Waals surface area (Å²) in [5.74, 6) is -1.08. The molecule has 2 fully saturated rings. The summed E-state index contributed by atoms with van der Waals surface area (Å²) in [5, 5.41) is 17.4. The summed E-state index contributed by atoms with van der Waals surface area (Å²) in [6, 6.07) is 12.5. The zero-order valence-corrected chi connectivity index (χ0v) is 25.9. The first kappa shape index (κ1) is 31.6. The van der Waals surface area contributed by atoms with Gasteiger partial charge in [-0.2, -0.15) is 28.2 Å². The number of carbonyl (C=O) groups is 1. The molecule has 2 saturated heterocycles. The summed E-state index contributed by atoms with van der Waals surface area (Å²) in [7, 11) is 0. The number of rotatable bonds is 7. The number of aliphatic carboxylic acids is 1. The molecule has 4 heterocycles. The zero-order chi connectivity index (χ0) is 32.8. The van der Waals surface area contributed by atoms with Gasteiger partial charge in [0.15, 0.2) is 0 Å². The van der Waals surface area contributed by atoms with Gasteiger partial charge in [-0.05, 0) is 73.4 Å². The van der Waals surface area contributed by atoms with E-state index in [1.807, 2.05) is 24.0 Å². The number of piperidine rings is 1. The fraction of sp³-hybridized carbons (Fsp3) is 0.375. The van der Waals surface area contributed by atoms with Crippen LogP contribution in [0.25, 0.3) is 16.8 Å². The number of hydrogen-bond acceptors (Lipinski definition) is 8. The van der Waals surface area contributed by atoms with E-state index in [1.165, 1.54) is 16.8 Å². The highest BCUT2D eigenvalue weighted by atomic mass is 35.5. The number of ether oxygens (including phenoxy) is 1. The number of anilines is 2. The predicted molar refractivity (Wildman–Crippen MR) is 167 cm³/mol. The molecule has 2 aromatic heterocycles. The molecule has 6 rings (SSSR count). The Labute approximate surface area is 268 Å². The minimum Gasteiger partial charge on any atom is -0.480 e. The van der Waals surface area contributed by atoms with E-state index in [9.17, 15) is 23.1 Å². The fourth-order valence-corrected chi connectivity index (χ4v) is 6.41. The topological polar surface area (TPSA) is 131 Å². The van der Waals surface area contributed by atoms with Gasteiger partial charge in [0.25, 0.3) is 0 Å². The van der Waals surface area contributed by atoms with Crippen molar-refractivity contribution in [3.63, 3.8) is 0 Å². The Morgan fingerprint density at radius 3 is 2.46 bits per heavy atom. The summed E-state index contributed by atoms with van der Waals surface area (Å²) in [4.78, 5) is 21.6. The predicted octanol–water partition coefficient (Wildman–Crippen LogP) is 5.90. The highest BCUT2D eigenvalue weighted by Crippen LogP contribution is 2.43. The zero-order valence-electron chi connectivity index (χ0n) is 25.2. The summed E-state index contributed by atoms with van der Waals surface area (Å²) >= 11 is 6.35. The van der Waals surface area contributed by atoms with Gasteiger partial charge in [0.05, 0.1) is 11.4 Å². The van der Waals surface area contributed by atoms with Gasteiger partial charge in [0.2, 0.25) is 17.9 Å². The fourth-order valence-electron chi connectivity index (χ4n) is 6.23. The van der Waals surface area contributed by atoms with Crippen LogP contribution in [0.3, 0.4) is 0 Å². The lowest BCUT2D eigenvalue weighted by molar-refractivity contribution is -0.198. The van der Waals surface area contributed by atoms with E-state index < -0.39 is 24.3 Å². The minimum atomic E-state index is -4.83. The summed E-state index contributed by atoms with van der Waals surface area (Å²) < 4.78 is 51.5. The van der Waals surface area contributed by atoms with Crippen LogP contribution >= 0.6 is 11.6 Å². The van der Waals surface area contributed by atoms with Crippen LogP contribution in [0, 0.1) is 19.3 Å². The van der Waals surface area contributed by atoms with E-state index in [0.29, 0.717) is 61.0 Å². The van der Waals surface area contributed by atoms with Crippen molar-refractivity contribution in [1.82, 2.24) is 25.1 Å². The maximum Gasteiger partial charge on any atom is 0.429 e. The number of aryl methyl sites for hydroxylation is 2. The third-order valence-electron chi connectivity index (χ3n) is 8.84. The molecule has 2 aliphatic rings. The lowest BCUT2D eigenvalue weighted by atomic mass is 9.76. The number of aromatic nitrogens is 4. The number of alkyl halides is 3. The number of carboxylic acids is 1. The summed E-state index contributed by atoms with van der Waals surface area (Å²) in [5.41, 5.74) is 8.73. The maximum absolute atomic E-state index is 14.8. The monoisotopic (exact) mass is 655 g/mol. The molecule has 2 aromatic carbocycles. The third-order valence-corrected chi connectivity index (χ3v) is 9.24. The second-order valence-corrected chi connectivity index (χ2v) is 12.5. The largest absolute Gasteiger partial charge is 0.480 e. The van der Waals surface area contributed by atoms with Gasteiger partial charge in [-0.3, -0.25) is 4.79 Å². The first-order valence-electron chi connectivity index (χ1n) is 14.8. The molecule has 4 N–H and O–H groups in total. The van der Waals surface area contributed by atoms with Gasteiger partial charge in [0.1, 0.15) is 11.9 Å². The molecule has 46 heavy (non-hydrogen) atoms. The molecule has 0 bridgehead atoms. The molecule has 10 nitrogen and oxygen atoms in total.